The summed E-state index contributed by atoms with van der Waals surface area (Å²) in [5.74, 6) is 0.379. The Balaban J connectivity index is 2.30. The number of esters is 1. The first-order chi connectivity index (χ1) is 11.4. The highest BCUT2D eigenvalue weighted by atomic mass is 32.1. The summed E-state index contributed by atoms with van der Waals surface area (Å²) in [6.07, 6.45) is 1.49. The summed E-state index contributed by atoms with van der Waals surface area (Å²) in [7, 11) is 0. The summed E-state index contributed by atoms with van der Waals surface area (Å²) < 4.78 is 10.9. The smallest absolute Gasteiger partial charge is 0.338 e. The van der Waals surface area contributed by atoms with Crippen molar-refractivity contribution in [2.75, 3.05) is 6.61 Å². The molecular formula is C18H22N2O3S. The minimum Gasteiger partial charge on any atom is -0.490 e. The average molecular weight is 346 g/mol. The molecule has 0 radical (unpaired) electrons. The number of hydrogen-bond acceptors (Lipinski definition) is 4. The summed E-state index contributed by atoms with van der Waals surface area (Å²) in [5.41, 5.74) is 2.12. The number of carbonyl (C=O) groups is 1. The molecule has 2 rings (SSSR count). The average Bonchev–Trinajstić information content (AvgIpc) is 2.51. The van der Waals surface area contributed by atoms with Gasteiger partial charge in [0.1, 0.15) is 12.4 Å². The van der Waals surface area contributed by atoms with E-state index in [1.807, 2.05) is 45.0 Å². The minimum absolute atomic E-state index is 0.193. The van der Waals surface area contributed by atoms with E-state index in [2.05, 4.69) is 17.2 Å². The molecular weight excluding hydrogens is 324 g/mol. The third kappa shape index (κ3) is 4.35. The Morgan fingerprint density at radius 2 is 2.04 bits per heavy atom. The van der Waals surface area contributed by atoms with Gasteiger partial charge in [0.05, 0.1) is 17.7 Å². The standard InChI is InChI=1S/C18H22N2O3S/c1-5-10-22-14-8-6-13(7-9-14)16-15(17(21)23-11(2)3)12(4)19-18(24)20-16/h5-9,11,16H,1,10H2,2-4H3,(H2,19,20,24). The van der Waals surface area contributed by atoms with Crippen LogP contribution in [0.3, 0.4) is 0 Å². The van der Waals surface area contributed by atoms with Gasteiger partial charge in [-0.2, -0.15) is 0 Å². The first-order valence-corrected chi connectivity index (χ1v) is 8.16. The molecule has 0 saturated carbocycles. The van der Waals surface area contributed by atoms with Gasteiger partial charge in [-0.15, -0.1) is 0 Å². The van der Waals surface area contributed by atoms with Crippen LogP contribution in [0, 0.1) is 0 Å². The van der Waals surface area contributed by atoms with E-state index in [0.717, 1.165) is 11.3 Å². The molecule has 0 fully saturated rings. The Kier molecular flexibility index (Phi) is 5.98. The van der Waals surface area contributed by atoms with Crippen molar-refractivity contribution in [2.45, 2.75) is 32.9 Å². The van der Waals surface area contributed by atoms with E-state index in [9.17, 15) is 4.79 Å². The van der Waals surface area contributed by atoms with Gasteiger partial charge in [0.25, 0.3) is 0 Å². The fourth-order valence-corrected chi connectivity index (χ4v) is 2.67. The normalized spacial score (nSPS) is 17.2. The highest BCUT2D eigenvalue weighted by Gasteiger charge is 2.31. The van der Waals surface area contributed by atoms with E-state index in [-0.39, 0.29) is 18.1 Å². The van der Waals surface area contributed by atoms with Crippen LogP contribution in [-0.4, -0.2) is 23.8 Å². The fourth-order valence-electron chi connectivity index (χ4n) is 2.40. The molecule has 0 aliphatic carbocycles. The lowest BCUT2D eigenvalue weighted by atomic mass is 9.95. The third-order valence-corrected chi connectivity index (χ3v) is 3.63. The maximum atomic E-state index is 12.5. The second-order valence-electron chi connectivity index (χ2n) is 5.69. The fraction of sp³-hybridized carbons (Fsp3) is 0.333. The Labute approximate surface area is 147 Å². The first-order valence-electron chi connectivity index (χ1n) is 7.75. The predicted molar refractivity (Wildman–Crippen MR) is 97.7 cm³/mol. The van der Waals surface area contributed by atoms with Gasteiger partial charge in [0, 0.05) is 5.70 Å². The van der Waals surface area contributed by atoms with Gasteiger partial charge in [0.2, 0.25) is 0 Å². The van der Waals surface area contributed by atoms with Gasteiger partial charge in [-0.05, 0) is 50.7 Å². The zero-order valence-electron chi connectivity index (χ0n) is 14.1. The Morgan fingerprint density at radius 1 is 1.38 bits per heavy atom. The van der Waals surface area contributed by atoms with Crippen molar-refractivity contribution in [2.24, 2.45) is 0 Å². The van der Waals surface area contributed by atoms with E-state index in [1.54, 1.807) is 6.08 Å². The molecule has 1 aromatic carbocycles. The van der Waals surface area contributed by atoms with E-state index in [4.69, 9.17) is 21.7 Å². The van der Waals surface area contributed by atoms with Gasteiger partial charge in [0.15, 0.2) is 5.11 Å². The van der Waals surface area contributed by atoms with Crippen LogP contribution >= 0.6 is 12.2 Å². The monoisotopic (exact) mass is 346 g/mol. The molecule has 128 valence electrons. The largest absolute Gasteiger partial charge is 0.490 e. The van der Waals surface area contributed by atoms with Crippen molar-refractivity contribution in [3.05, 3.63) is 53.8 Å². The van der Waals surface area contributed by atoms with Crippen molar-refractivity contribution in [1.29, 1.82) is 0 Å². The van der Waals surface area contributed by atoms with Crippen molar-refractivity contribution in [3.8, 4) is 5.75 Å². The van der Waals surface area contributed by atoms with E-state index in [1.165, 1.54) is 0 Å². The van der Waals surface area contributed by atoms with Crippen LogP contribution in [0.15, 0.2) is 48.2 Å². The van der Waals surface area contributed by atoms with Crippen molar-refractivity contribution < 1.29 is 14.3 Å². The lowest BCUT2D eigenvalue weighted by molar-refractivity contribution is -0.143. The first kappa shape index (κ1) is 18.0. The maximum Gasteiger partial charge on any atom is 0.338 e. The molecule has 0 amide bonds. The summed E-state index contributed by atoms with van der Waals surface area (Å²) in [6.45, 7) is 9.53. The zero-order valence-corrected chi connectivity index (χ0v) is 14.9. The molecule has 0 bridgehead atoms. The number of carbonyl (C=O) groups excluding carboxylic acids is 1. The van der Waals surface area contributed by atoms with Gasteiger partial charge < -0.3 is 20.1 Å². The molecule has 2 N–H and O–H groups in total. The van der Waals surface area contributed by atoms with Crippen LogP contribution in [0.1, 0.15) is 32.4 Å². The van der Waals surface area contributed by atoms with Gasteiger partial charge >= 0.3 is 5.97 Å². The SMILES string of the molecule is C=CCOc1ccc(C2NC(=S)NC(C)=C2C(=O)OC(C)C)cc1. The molecule has 1 heterocycles. The Bertz CT molecular complexity index is 665. The van der Waals surface area contributed by atoms with E-state index >= 15 is 0 Å². The summed E-state index contributed by atoms with van der Waals surface area (Å²) in [6, 6.07) is 7.15. The van der Waals surface area contributed by atoms with E-state index < -0.39 is 0 Å². The minimum atomic E-state index is -0.363. The van der Waals surface area contributed by atoms with Crippen LogP contribution < -0.4 is 15.4 Å². The van der Waals surface area contributed by atoms with Crippen molar-refractivity contribution in [3.63, 3.8) is 0 Å². The molecule has 5 nitrogen and oxygen atoms in total. The number of hydrogen-bond donors (Lipinski definition) is 2. The highest BCUT2D eigenvalue weighted by Crippen LogP contribution is 2.29. The number of rotatable bonds is 6. The molecule has 0 spiro atoms. The van der Waals surface area contributed by atoms with Gasteiger partial charge in [-0.1, -0.05) is 24.8 Å². The van der Waals surface area contributed by atoms with Crippen molar-refractivity contribution >= 4 is 23.3 Å². The van der Waals surface area contributed by atoms with Crippen LogP contribution in [0.5, 0.6) is 5.75 Å². The highest BCUT2D eigenvalue weighted by molar-refractivity contribution is 7.80. The lowest BCUT2D eigenvalue weighted by Crippen LogP contribution is -2.45. The molecule has 1 aliphatic heterocycles. The molecule has 6 heteroatoms. The van der Waals surface area contributed by atoms with Gasteiger partial charge in [-0.3, -0.25) is 0 Å². The Hall–Kier alpha value is -2.34. The molecule has 1 unspecified atom stereocenters. The number of thiocarbonyl (C=S) groups is 1. The molecule has 1 aliphatic rings. The molecule has 1 aromatic rings. The Morgan fingerprint density at radius 3 is 2.62 bits per heavy atom. The number of nitrogens with one attached hydrogen (secondary N) is 2. The summed E-state index contributed by atoms with van der Waals surface area (Å²) >= 11 is 5.23. The lowest BCUT2D eigenvalue weighted by Gasteiger charge is -2.30. The third-order valence-electron chi connectivity index (χ3n) is 3.41. The number of allylic oxidation sites excluding steroid dienone is 1. The number of ether oxygens (including phenoxy) is 2. The van der Waals surface area contributed by atoms with Gasteiger partial charge in [-0.25, -0.2) is 4.79 Å². The van der Waals surface area contributed by atoms with Crippen LogP contribution in [-0.2, 0) is 9.53 Å². The second-order valence-corrected chi connectivity index (χ2v) is 6.10. The van der Waals surface area contributed by atoms with Crippen molar-refractivity contribution in [1.82, 2.24) is 10.6 Å². The quantitative estimate of drug-likeness (QED) is 0.469. The summed E-state index contributed by atoms with van der Waals surface area (Å²) in [5, 5.41) is 6.60. The number of benzene rings is 1. The molecule has 0 aromatic heterocycles. The maximum absolute atomic E-state index is 12.5. The molecule has 24 heavy (non-hydrogen) atoms. The molecule has 1 atom stereocenters. The second kappa shape index (κ2) is 7.97. The summed E-state index contributed by atoms with van der Waals surface area (Å²) in [4.78, 5) is 12.5. The van der Waals surface area contributed by atoms with E-state index in [0.29, 0.717) is 23.0 Å². The van der Waals surface area contributed by atoms with Crippen LogP contribution in [0.4, 0.5) is 0 Å². The van der Waals surface area contributed by atoms with Crippen LogP contribution in [0.25, 0.3) is 0 Å². The molecule has 0 saturated heterocycles. The topological polar surface area (TPSA) is 59.6 Å². The van der Waals surface area contributed by atoms with Crippen LogP contribution in [0.2, 0.25) is 0 Å². The predicted octanol–water partition coefficient (Wildman–Crippen LogP) is 3.00. The zero-order chi connectivity index (χ0) is 17.7.